The summed E-state index contributed by atoms with van der Waals surface area (Å²) < 4.78 is 10.2. The Morgan fingerprint density at radius 2 is 1.81 bits per heavy atom. The highest BCUT2D eigenvalue weighted by atomic mass is 16.6. The average Bonchev–Trinajstić information content (AvgIpc) is 2.76. The number of nitrogens with one attached hydrogen (secondary N) is 2. The molecule has 2 amide bonds. The average molecular weight is 455 g/mol. The fraction of sp³-hybridized carbons (Fsp3) is 0.636. The fourth-order valence-corrected chi connectivity index (χ4v) is 3.67. The van der Waals surface area contributed by atoms with Crippen LogP contribution < -0.4 is 10.6 Å². The van der Waals surface area contributed by atoms with Gasteiger partial charge in [-0.1, -0.05) is 44.2 Å². The summed E-state index contributed by atoms with van der Waals surface area (Å²) >= 11 is 0. The van der Waals surface area contributed by atoms with E-state index in [4.69, 9.17) is 14.6 Å². The van der Waals surface area contributed by atoms with Crippen LogP contribution in [0, 0.1) is 11.8 Å². The van der Waals surface area contributed by atoms with Crippen LogP contribution in [0.4, 0.5) is 4.79 Å². The van der Waals surface area contributed by atoms with E-state index in [1.54, 1.807) is 0 Å². The van der Waals surface area contributed by atoms with E-state index in [-0.39, 0.29) is 31.4 Å². The zero-order valence-electron chi connectivity index (χ0n) is 18.4. The van der Waals surface area contributed by atoms with Crippen molar-refractivity contribution in [2.24, 2.45) is 11.8 Å². The summed E-state index contributed by atoms with van der Waals surface area (Å²) in [7, 11) is 0. The van der Waals surface area contributed by atoms with Gasteiger partial charge in [-0.25, -0.2) is 4.79 Å². The first-order chi connectivity index (χ1) is 15.2. The molecule has 1 heterocycles. The predicted molar refractivity (Wildman–Crippen MR) is 114 cm³/mol. The number of rotatable bonds is 10. The van der Waals surface area contributed by atoms with Crippen LogP contribution >= 0.6 is 0 Å². The number of ether oxygens (including phenoxy) is 2. The number of carbonyl (C=O) groups excluding carboxylic acids is 2. The number of benzene rings is 1. The summed E-state index contributed by atoms with van der Waals surface area (Å²) in [5.41, 5.74) is 0.859. The summed E-state index contributed by atoms with van der Waals surface area (Å²) in [5, 5.41) is 44.5. The second-order valence-electron chi connectivity index (χ2n) is 8.46. The van der Waals surface area contributed by atoms with Gasteiger partial charge in [-0.05, 0) is 23.8 Å². The third-order valence-electron chi connectivity index (χ3n) is 5.25. The van der Waals surface area contributed by atoms with Crippen LogP contribution in [0.3, 0.4) is 0 Å². The third kappa shape index (κ3) is 8.03. The Hall–Kier alpha value is -2.24. The Morgan fingerprint density at radius 1 is 1.12 bits per heavy atom. The van der Waals surface area contributed by atoms with E-state index in [9.17, 15) is 24.9 Å². The van der Waals surface area contributed by atoms with Gasteiger partial charge >= 0.3 is 6.09 Å². The van der Waals surface area contributed by atoms with Crippen molar-refractivity contribution in [1.82, 2.24) is 10.6 Å². The van der Waals surface area contributed by atoms with E-state index in [1.165, 1.54) is 0 Å². The molecule has 6 atom stereocenters. The van der Waals surface area contributed by atoms with Crippen molar-refractivity contribution >= 4 is 12.0 Å². The van der Waals surface area contributed by atoms with Gasteiger partial charge in [0.05, 0.1) is 6.61 Å². The van der Waals surface area contributed by atoms with Crippen molar-refractivity contribution in [1.29, 1.82) is 0 Å². The van der Waals surface area contributed by atoms with Crippen molar-refractivity contribution in [2.45, 2.75) is 63.9 Å². The van der Waals surface area contributed by atoms with Gasteiger partial charge < -0.3 is 40.5 Å². The minimum absolute atomic E-state index is 0.0204. The van der Waals surface area contributed by atoms with Crippen molar-refractivity contribution in [3.63, 3.8) is 0 Å². The smallest absolute Gasteiger partial charge is 0.407 e. The van der Waals surface area contributed by atoms with Crippen LogP contribution in [0.1, 0.15) is 32.3 Å². The maximum Gasteiger partial charge on any atom is 0.407 e. The zero-order valence-corrected chi connectivity index (χ0v) is 18.4. The minimum Gasteiger partial charge on any atom is -0.445 e. The molecule has 1 saturated heterocycles. The molecule has 0 saturated carbocycles. The molecule has 32 heavy (non-hydrogen) atoms. The van der Waals surface area contributed by atoms with Gasteiger partial charge in [0, 0.05) is 13.0 Å². The van der Waals surface area contributed by atoms with Gasteiger partial charge in [-0.2, -0.15) is 0 Å². The predicted octanol–water partition coefficient (Wildman–Crippen LogP) is -0.119. The van der Waals surface area contributed by atoms with E-state index in [0.717, 1.165) is 5.56 Å². The molecule has 2 rings (SSSR count). The van der Waals surface area contributed by atoms with E-state index in [2.05, 4.69) is 10.6 Å². The maximum absolute atomic E-state index is 12.5. The Labute approximate surface area is 187 Å². The Bertz CT molecular complexity index is 717. The van der Waals surface area contributed by atoms with Gasteiger partial charge in [0.2, 0.25) is 5.91 Å². The van der Waals surface area contributed by atoms with E-state index in [0.29, 0.717) is 6.42 Å². The second-order valence-corrected chi connectivity index (χ2v) is 8.46. The summed E-state index contributed by atoms with van der Waals surface area (Å²) in [6.07, 6.45) is -5.61. The third-order valence-corrected chi connectivity index (χ3v) is 5.25. The van der Waals surface area contributed by atoms with E-state index >= 15 is 0 Å². The lowest BCUT2D eigenvalue weighted by atomic mass is 9.92. The molecule has 10 heteroatoms. The van der Waals surface area contributed by atoms with Crippen molar-refractivity contribution < 1.29 is 39.5 Å². The van der Waals surface area contributed by atoms with Gasteiger partial charge in [0.1, 0.15) is 31.0 Å². The summed E-state index contributed by atoms with van der Waals surface area (Å²) in [5.74, 6) is -0.430. The largest absolute Gasteiger partial charge is 0.445 e. The molecule has 1 aromatic carbocycles. The molecule has 0 spiro atoms. The number of alkyl carbamates (subject to hydrolysis) is 1. The summed E-state index contributed by atoms with van der Waals surface area (Å²) in [6.45, 7) is 3.74. The van der Waals surface area contributed by atoms with Crippen LogP contribution in [0.25, 0.3) is 0 Å². The number of carbonyl (C=O) groups is 2. The SMILES string of the molecule is CC(C)C[C@H](CNC(=O)OCc1ccccc1)CC(=O)N[C@@H]1[C@@H](O)[C@@H](O)[C@@H](CO)O[C@@H]1O. The number of hydrogen-bond acceptors (Lipinski definition) is 8. The Balaban J connectivity index is 1.85. The standard InChI is InChI=1S/C22H34N2O8/c1-13(2)8-15(10-23-22(30)31-12-14-6-4-3-5-7-14)9-17(26)24-18-20(28)19(27)16(11-25)32-21(18)29/h3-7,13,15-16,18-21,25,27-29H,8-12H2,1-2H3,(H,23,30)(H,24,26)/t15-,16+,18+,19-,20+,21-/m0/s1. The topological polar surface area (TPSA) is 158 Å². The van der Waals surface area contributed by atoms with Crippen LogP contribution in [0.5, 0.6) is 0 Å². The molecule has 10 nitrogen and oxygen atoms in total. The number of hydrogen-bond donors (Lipinski definition) is 6. The molecule has 0 aliphatic carbocycles. The van der Waals surface area contributed by atoms with Gasteiger partial charge in [-0.3, -0.25) is 4.79 Å². The van der Waals surface area contributed by atoms with E-state index in [1.807, 2.05) is 44.2 Å². The molecule has 1 aliphatic rings. The van der Waals surface area contributed by atoms with Crippen LogP contribution in [0.15, 0.2) is 30.3 Å². The fourth-order valence-electron chi connectivity index (χ4n) is 3.67. The van der Waals surface area contributed by atoms with Crippen molar-refractivity contribution in [2.75, 3.05) is 13.2 Å². The van der Waals surface area contributed by atoms with Gasteiger partial charge in [0.25, 0.3) is 0 Å². The summed E-state index contributed by atoms with van der Waals surface area (Å²) in [6, 6.07) is 8.01. The molecule has 180 valence electrons. The minimum atomic E-state index is -1.58. The highest BCUT2D eigenvalue weighted by Gasteiger charge is 2.44. The normalized spacial score (nSPS) is 26.4. The lowest BCUT2D eigenvalue weighted by Crippen LogP contribution is -2.64. The molecule has 1 aromatic rings. The molecular weight excluding hydrogens is 420 g/mol. The molecular formula is C22H34N2O8. The molecule has 1 fully saturated rings. The van der Waals surface area contributed by atoms with Gasteiger partial charge in [-0.15, -0.1) is 0 Å². The zero-order chi connectivity index (χ0) is 23.7. The quantitative estimate of drug-likeness (QED) is 0.286. The van der Waals surface area contributed by atoms with Crippen molar-refractivity contribution in [3.05, 3.63) is 35.9 Å². The first kappa shape index (κ1) is 26.0. The highest BCUT2D eigenvalue weighted by Crippen LogP contribution is 2.21. The second kappa shape index (κ2) is 12.7. The van der Waals surface area contributed by atoms with Crippen LogP contribution in [-0.2, 0) is 20.9 Å². The molecule has 0 bridgehead atoms. The molecule has 1 aliphatic heterocycles. The lowest BCUT2D eigenvalue weighted by Gasteiger charge is -2.40. The first-order valence-electron chi connectivity index (χ1n) is 10.8. The molecule has 0 radical (unpaired) electrons. The Morgan fingerprint density at radius 3 is 2.44 bits per heavy atom. The van der Waals surface area contributed by atoms with Crippen LogP contribution in [-0.4, -0.2) is 76.2 Å². The lowest BCUT2D eigenvalue weighted by molar-refractivity contribution is -0.253. The monoisotopic (exact) mass is 454 g/mol. The molecule has 0 unspecified atom stereocenters. The number of aliphatic hydroxyl groups excluding tert-OH is 4. The Kier molecular flexibility index (Phi) is 10.3. The van der Waals surface area contributed by atoms with E-state index < -0.39 is 49.3 Å². The maximum atomic E-state index is 12.5. The number of amides is 2. The number of aliphatic hydroxyl groups is 4. The first-order valence-corrected chi connectivity index (χ1v) is 10.8. The highest BCUT2D eigenvalue weighted by molar-refractivity contribution is 5.76. The molecule has 0 aromatic heterocycles. The molecule has 6 N–H and O–H groups in total. The van der Waals surface area contributed by atoms with Gasteiger partial charge in [0.15, 0.2) is 6.29 Å². The van der Waals surface area contributed by atoms with Crippen molar-refractivity contribution in [3.8, 4) is 0 Å². The van der Waals surface area contributed by atoms with Crippen LogP contribution in [0.2, 0.25) is 0 Å². The summed E-state index contributed by atoms with van der Waals surface area (Å²) in [4.78, 5) is 24.6.